The molecule has 2 aliphatic heterocycles. The van der Waals surface area contributed by atoms with E-state index in [-0.39, 0.29) is 17.9 Å². The zero-order chi connectivity index (χ0) is 19.5. The Bertz CT molecular complexity index is 541. The van der Waals surface area contributed by atoms with Crippen LogP contribution in [0.25, 0.3) is 0 Å². The first-order chi connectivity index (χ1) is 12.1. The summed E-state index contributed by atoms with van der Waals surface area (Å²) in [4.78, 5) is 39.6. The molecule has 2 rings (SSSR count). The van der Waals surface area contributed by atoms with E-state index in [9.17, 15) is 14.4 Å². The maximum Gasteiger partial charge on any atom is 0.410 e. The summed E-state index contributed by atoms with van der Waals surface area (Å²) in [7, 11) is 0. The number of urea groups is 1. The van der Waals surface area contributed by atoms with Gasteiger partial charge in [-0.2, -0.15) is 0 Å². The molecule has 0 radical (unpaired) electrons. The second-order valence-corrected chi connectivity index (χ2v) is 8.21. The van der Waals surface area contributed by atoms with Crippen LogP contribution in [0.3, 0.4) is 0 Å². The molecular formula is C18H32N4O4. The fourth-order valence-corrected chi connectivity index (χ4v) is 3.54. The monoisotopic (exact) mass is 368 g/mol. The Morgan fingerprint density at radius 3 is 2.35 bits per heavy atom. The van der Waals surface area contributed by atoms with Gasteiger partial charge in [-0.05, 0) is 18.3 Å². The minimum Gasteiger partial charge on any atom is -0.441 e. The maximum absolute atomic E-state index is 12.7. The zero-order valence-electron chi connectivity index (χ0n) is 16.3. The summed E-state index contributed by atoms with van der Waals surface area (Å²) in [6.07, 6.45) is 1.93. The van der Waals surface area contributed by atoms with Gasteiger partial charge in [0.05, 0.1) is 6.54 Å². The molecule has 1 atom stereocenters. The molecule has 2 saturated heterocycles. The van der Waals surface area contributed by atoms with Crippen molar-refractivity contribution < 1.29 is 19.1 Å². The van der Waals surface area contributed by atoms with Crippen molar-refractivity contribution in [3.8, 4) is 0 Å². The SMILES string of the molecule is CC(C)CCN1CC2(CCN(C(=O)C(NC(N)=O)C(C)C)CC2)OC1=O. The topological polar surface area (TPSA) is 105 Å². The summed E-state index contributed by atoms with van der Waals surface area (Å²) in [6.45, 7) is 10.3. The predicted octanol–water partition coefficient (Wildman–Crippen LogP) is 1.54. The maximum atomic E-state index is 12.7. The van der Waals surface area contributed by atoms with Crippen LogP contribution in [-0.4, -0.2) is 65.7 Å². The summed E-state index contributed by atoms with van der Waals surface area (Å²) < 4.78 is 5.69. The highest BCUT2D eigenvalue weighted by atomic mass is 16.6. The second kappa shape index (κ2) is 8.14. The number of likely N-dealkylation sites (tertiary alicyclic amines) is 1. The van der Waals surface area contributed by atoms with Crippen LogP contribution in [0.4, 0.5) is 9.59 Å². The van der Waals surface area contributed by atoms with Crippen molar-refractivity contribution in [1.29, 1.82) is 0 Å². The van der Waals surface area contributed by atoms with E-state index >= 15 is 0 Å². The lowest BCUT2D eigenvalue weighted by molar-refractivity contribution is -0.137. The van der Waals surface area contributed by atoms with E-state index < -0.39 is 17.7 Å². The van der Waals surface area contributed by atoms with Gasteiger partial charge in [0.25, 0.3) is 0 Å². The van der Waals surface area contributed by atoms with Crippen LogP contribution < -0.4 is 11.1 Å². The number of hydrogen-bond acceptors (Lipinski definition) is 4. The molecule has 26 heavy (non-hydrogen) atoms. The van der Waals surface area contributed by atoms with Gasteiger partial charge in [-0.3, -0.25) is 4.79 Å². The highest BCUT2D eigenvalue weighted by molar-refractivity contribution is 5.87. The Labute approximate surface area is 155 Å². The van der Waals surface area contributed by atoms with Gasteiger partial charge in [0.15, 0.2) is 0 Å². The fourth-order valence-electron chi connectivity index (χ4n) is 3.54. The van der Waals surface area contributed by atoms with Crippen LogP contribution >= 0.6 is 0 Å². The Hall–Kier alpha value is -1.99. The van der Waals surface area contributed by atoms with Gasteiger partial charge in [0, 0.05) is 32.5 Å². The Kier molecular flexibility index (Phi) is 6.36. The molecule has 1 unspecified atom stereocenters. The quantitative estimate of drug-likeness (QED) is 0.742. The number of carbonyl (C=O) groups is 3. The van der Waals surface area contributed by atoms with Crippen molar-refractivity contribution in [3.63, 3.8) is 0 Å². The number of nitrogens with two attached hydrogens (primary N) is 1. The summed E-state index contributed by atoms with van der Waals surface area (Å²) in [5, 5.41) is 2.53. The first-order valence-electron chi connectivity index (χ1n) is 9.46. The van der Waals surface area contributed by atoms with Crippen molar-refractivity contribution in [2.75, 3.05) is 26.2 Å². The van der Waals surface area contributed by atoms with Crippen LogP contribution in [0.2, 0.25) is 0 Å². The van der Waals surface area contributed by atoms with Crippen LogP contribution in [0.15, 0.2) is 0 Å². The van der Waals surface area contributed by atoms with E-state index in [4.69, 9.17) is 10.5 Å². The Morgan fingerprint density at radius 1 is 1.23 bits per heavy atom. The standard InChI is InChI=1S/C18H32N4O4/c1-12(2)5-8-22-11-18(26-17(22)25)6-9-21(10-7-18)15(23)14(13(3)4)20-16(19)24/h12-14H,5-11H2,1-4H3,(H3,19,20,24). The third-order valence-electron chi connectivity index (χ3n) is 5.23. The predicted molar refractivity (Wildman–Crippen MR) is 97.4 cm³/mol. The van der Waals surface area contributed by atoms with Crippen molar-refractivity contribution >= 4 is 18.0 Å². The van der Waals surface area contributed by atoms with Gasteiger partial charge >= 0.3 is 12.1 Å². The molecule has 0 aromatic carbocycles. The fraction of sp³-hybridized carbons (Fsp3) is 0.833. The van der Waals surface area contributed by atoms with Gasteiger partial charge in [0.2, 0.25) is 5.91 Å². The number of amides is 4. The van der Waals surface area contributed by atoms with Gasteiger partial charge < -0.3 is 25.6 Å². The normalized spacial score (nSPS) is 20.6. The van der Waals surface area contributed by atoms with E-state index in [1.54, 1.807) is 9.80 Å². The minimum absolute atomic E-state index is 0.0540. The van der Waals surface area contributed by atoms with Crippen LogP contribution in [0.1, 0.15) is 47.0 Å². The second-order valence-electron chi connectivity index (χ2n) is 8.21. The average molecular weight is 368 g/mol. The number of nitrogens with zero attached hydrogens (tertiary/aromatic N) is 2. The first-order valence-corrected chi connectivity index (χ1v) is 9.46. The molecule has 0 aromatic rings. The average Bonchev–Trinajstić information content (AvgIpc) is 2.85. The summed E-state index contributed by atoms with van der Waals surface area (Å²) >= 11 is 0. The molecule has 2 fully saturated rings. The van der Waals surface area contributed by atoms with Gasteiger partial charge in [0.1, 0.15) is 11.6 Å². The number of carbonyl (C=O) groups excluding carboxylic acids is 3. The van der Waals surface area contributed by atoms with E-state index in [0.29, 0.717) is 44.9 Å². The third kappa shape index (κ3) is 4.80. The number of rotatable bonds is 6. The Morgan fingerprint density at radius 2 is 1.85 bits per heavy atom. The van der Waals surface area contributed by atoms with E-state index in [2.05, 4.69) is 19.2 Å². The molecule has 2 heterocycles. The highest BCUT2D eigenvalue weighted by Crippen LogP contribution is 2.33. The van der Waals surface area contributed by atoms with Crippen LogP contribution in [-0.2, 0) is 9.53 Å². The molecule has 4 amide bonds. The number of ether oxygens (including phenoxy) is 1. The van der Waals surface area contributed by atoms with Gasteiger partial charge in [-0.15, -0.1) is 0 Å². The van der Waals surface area contributed by atoms with Gasteiger partial charge in [-0.1, -0.05) is 27.7 Å². The van der Waals surface area contributed by atoms with E-state index in [1.165, 1.54) is 0 Å². The minimum atomic E-state index is -0.698. The molecule has 0 saturated carbocycles. The summed E-state index contributed by atoms with van der Waals surface area (Å²) in [5.74, 6) is 0.348. The molecule has 0 aromatic heterocycles. The molecule has 8 nitrogen and oxygen atoms in total. The van der Waals surface area contributed by atoms with Crippen molar-refractivity contribution in [1.82, 2.24) is 15.1 Å². The van der Waals surface area contributed by atoms with Crippen LogP contribution in [0, 0.1) is 11.8 Å². The smallest absolute Gasteiger partial charge is 0.410 e. The van der Waals surface area contributed by atoms with Crippen molar-refractivity contribution in [3.05, 3.63) is 0 Å². The van der Waals surface area contributed by atoms with E-state index in [1.807, 2.05) is 13.8 Å². The summed E-state index contributed by atoms with van der Waals surface area (Å²) in [5.41, 5.74) is 4.70. The molecule has 0 bridgehead atoms. The lowest BCUT2D eigenvalue weighted by atomic mass is 9.90. The summed E-state index contributed by atoms with van der Waals surface area (Å²) in [6, 6.07) is -1.33. The molecule has 0 aliphatic carbocycles. The third-order valence-corrected chi connectivity index (χ3v) is 5.23. The molecule has 148 valence electrons. The lowest BCUT2D eigenvalue weighted by Crippen LogP contribution is -2.56. The molecule has 8 heteroatoms. The number of nitrogens with one attached hydrogen (secondary N) is 1. The molecule has 3 N–H and O–H groups in total. The molecule has 1 spiro atoms. The molecule has 2 aliphatic rings. The lowest BCUT2D eigenvalue weighted by Gasteiger charge is -2.39. The van der Waals surface area contributed by atoms with Crippen molar-refractivity contribution in [2.24, 2.45) is 17.6 Å². The zero-order valence-corrected chi connectivity index (χ0v) is 16.3. The first kappa shape index (κ1) is 20.3. The number of piperidine rings is 1. The molecular weight excluding hydrogens is 336 g/mol. The van der Waals surface area contributed by atoms with E-state index in [0.717, 1.165) is 6.42 Å². The number of primary amides is 1. The Balaban J connectivity index is 1.93. The van der Waals surface area contributed by atoms with Crippen molar-refractivity contribution in [2.45, 2.75) is 58.6 Å². The number of hydrogen-bond donors (Lipinski definition) is 2. The van der Waals surface area contributed by atoms with Gasteiger partial charge in [-0.25, -0.2) is 9.59 Å². The van der Waals surface area contributed by atoms with Crippen LogP contribution in [0.5, 0.6) is 0 Å². The highest BCUT2D eigenvalue weighted by Gasteiger charge is 2.47. The largest absolute Gasteiger partial charge is 0.441 e.